The monoisotopic (exact) mass is 318 g/mol. The molecule has 1 aromatic carbocycles. The van der Waals surface area contributed by atoms with Gasteiger partial charge in [0.15, 0.2) is 0 Å². The number of halogens is 1. The molecule has 0 amide bonds. The summed E-state index contributed by atoms with van der Waals surface area (Å²) in [6, 6.07) is 12.7. The fourth-order valence-electron chi connectivity index (χ4n) is 1.87. The molecule has 0 fully saturated rings. The lowest BCUT2D eigenvalue weighted by atomic mass is 10.1. The first-order chi connectivity index (χ1) is 9.28. The van der Waals surface area contributed by atoms with Crippen LogP contribution in [-0.2, 0) is 13.0 Å². The van der Waals surface area contributed by atoms with E-state index in [4.69, 9.17) is 0 Å². The van der Waals surface area contributed by atoms with Crippen LogP contribution in [0.2, 0.25) is 0 Å². The van der Waals surface area contributed by atoms with Gasteiger partial charge in [-0.05, 0) is 58.6 Å². The van der Waals surface area contributed by atoms with Crippen molar-refractivity contribution in [2.24, 2.45) is 0 Å². The van der Waals surface area contributed by atoms with Gasteiger partial charge in [0.25, 0.3) is 0 Å². The minimum atomic E-state index is 0.752. The van der Waals surface area contributed by atoms with Gasteiger partial charge in [0.05, 0.1) is 12.2 Å². The Bertz CT molecular complexity index is 491. The van der Waals surface area contributed by atoms with Gasteiger partial charge in [0.1, 0.15) is 0 Å². The normalized spacial score (nSPS) is 10.4. The molecule has 0 saturated heterocycles. The fraction of sp³-hybridized carbons (Fsp3) is 0.312. The summed E-state index contributed by atoms with van der Waals surface area (Å²) >= 11 is 3.39. The van der Waals surface area contributed by atoms with Crippen molar-refractivity contribution in [3.8, 4) is 0 Å². The van der Waals surface area contributed by atoms with Gasteiger partial charge < -0.3 is 5.32 Å². The Morgan fingerprint density at radius 1 is 1.11 bits per heavy atom. The number of aryl methyl sites for hydroxylation is 1. The first-order valence-electron chi connectivity index (χ1n) is 6.71. The van der Waals surface area contributed by atoms with E-state index in [1.165, 1.54) is 24.8 Å². The van der Waals surface area contributed by atoms with Gasteiger partial charge in [-0.15, -0.1) is 0 Å². The fourth-order valence-corrected chi connectivity index (χ4v) is 2.11. The van der Waals surface area contributed by atoms with E-state index < -0.39 is 0 Å². The maximum atomic E-state index is 4.34. The van der Waals surface area contributed by atoms with E-state index in [0.29, 0.717) is 0 Å². The van der Waals surface area contributed by atoms with E-state index in [2.05, 4.69) is 57.4 Å². The molecule has 0 aliphatic heterocycles. The molecule has 2 nitrogen and oxygen atoms in total. The molecular weight excluding hydrogens is 300 g/mol. The van der Waals surface area contributed by atoms with E-state index >= 15 is 0 Å². The Hall–Kier alpha value is -1.35. The Balaban J connectivity index is 1.87. The molecule has 0 aliphatic carbocycles. The van der Waals surface area contributed by atoms with E-state index in [9.17, 15) is 0 Å². The third-order valence-electron chi connectivity index (χ3n) is 3.04. The van der Waals surface area contributed by atoms with E-state index in [1.807, 2.05) is 18.3 Å². The molecule has 0 spiro atoms. The quantitative estimate of drug-likeness (QED) is 0.827. The van der Waals surface area contributed by atoms with Crippen molar-refractivity contribution in [1.82, 2.24) is 4.98 Å². The summed E-state index contributed by atoms with van der Waals surface area (Å²) < 4.78 is 1.01. The van der Waals surface area contributed by atoms with Crippen LogP contribution in [0, 0.1) is 0 Å². The Morgan fingerprint density at radius 2 is 1.89 bits per heavy atom. The highest BCUT2D eigenvalue weighted by atomic mass is 79.9. The molecule has 0 saturated carbocycles. The van der Waals surface area contributed by atoms with Gasteiger partial charge in [0, 0.05) is 16.4 Å². The standard InChI is InChI=1S/C16H19BrN2/c1-2-3-4-13-5-8-15(9-6-13)19-12-16-10-7-14(17)11-18-16/h5-11,19H,2-4,12H2,1H3. The second kappa shape index (κ2) is 7.29. The van der Waals surface area contributed by atoms with E-state index in [1.54, 1.807) is 0 Å². The number of nitrogens with one attached hydrogen (secondary N) is 1. The molecule has 0 bridgehead atoms. The second-order valence-corrected chi connectivity index (χ2v) is 5.54. The van der Waals surface area contributed by atoms with Gasteiger partial charge in [0.2, 0.25) is 0 Å². The predicted octanol–water partition coefficient (Wildman–Crippen LogP) is 4.80. The Kier molecular flexibility index (Phi) is 5.40. The first-order valence-corrected chi connectivity index (χ1v) is 7.50. The SMILES string of the molecule is CCCCc1ccc(NCc2ccc(Br)cn2)cc1. The third kappa shape index (κ3) is 4.67. The van der Waals surface area contributed by atoms with Crippen molar-refractivity contribution in [3.63, 3.8) is 0 Å². The highest BCUT2D eigenvalue weighted by molar-refractivity contribution is 9.10. The molecule has 3 heteroatoms. The first kappa shape index (κ1) is 14.1. The third-order valence-corrected chi connectivity index (χ3v) is 3.50. The maximum Gasteiger partial charge on any atom is 0.0595 e. The lowest BCUT2D eigenvalue weighted by Gasteiger charge is -2.07. The van der Waals surface area contributed by atoms with Crippen molar-refractivity contribution in [1.29, 1.82) is 0 Å². The average Bonchev–Trinajstić information content (AvgIpc) is 2.46. The van der Waals surface area contributed by atoms with Crippen LogP contribution in [-0.4, -0.2) is 4.98 Å². The number of unbranched alkanes of at least 4 members (excludes halogenated alkanes) is 1. The minimum absolute atomic E-state index is 0.752. The number of anilines is 1. The molecule has 1 N–H and O–H groups in total. The van der Waals surface area contributed by atoms with Crippen molar-refractivity contribution in [3.05, 3.63) is 58.3 Å². The molecule has 100 valence electrons. The van der Waals surface area contributed by atoms with Crippen molar-refractivity contribution < 1.29 is 0 Å². The molecule has 0 atom stereocenters. The van der Waals surface area contributed by atoms with Crippen LogP contribution in [0.15, 0.2) is 47.1 Å². The molecule has 0 aliphatic rings. The Morgan fingerprint density at radius 3 is 2.53 bits per heavy atom. The summed E-state index contributed by atoms with van der Waals surface area (Å²) in [6.45, 7) is 2.97. The van der Waals surface area contributed by atoms with Crippen LogP contribution in [0.1, 0.15) is 31.0 Å². The van der Waals surface area contributed by atoms with Gasteiger partial charge >= 0.3 is 0 Å². The summed E-state index contributed by atoms with van der Waals surface area (Å²) in [5, 5.41) is 3.39. The maximum absolute atomic E-state index is 4.34. The molecular formula is C16H19BrN2. The molecule has 0 unspecified atom stereocenters. The largest absolute Gasteiger partial charge is 0.379 e. The van der Waals surface area contributed by atoms with Crippen molar-refractivity contribution in [2.75, 3.05) is 5.32 Å². The zero-order valence-corrected chi connectivity index (χ0v) is 12.8. The summed E-state index contributed by atoms with van der Waals surface area (Å²) in [4.78, 5) is 4.34. The van der Waals surface area contributed by atoms with Crippen LogP contribution in [0.5, 0.6) is 0 Å². The zero-order chi connectivity index (χ0) is 13.5. The van der Waals surface area contributed by atoms with Crippen molar-refractivity contribution in [2.45, 2.75) is 32.7 Å². The summed E-state index contributed by atoms with van der Waals surface area (Å²) in [5.41, 5.74) is 3.59. The summed E-state index contributed by atoms with van der Waals surface area (Å²) in [7, 11) is 0. The highest BCUT2D eigenvalue weighted by Crippen LogP contribution is 2.13. The topological polar surface area (TPSA) is 24.9 Å². The average molecular weight is 319 g/mol. The molecule has 0 radical (unpaired) electrons. The number of pyridine rings is 1. The van der Waals surface area contributed by atoms with Gasteiger partial charge in [-0.25, -0.2) is 0 Å². The molecule has 2 aromatic rings. The smallest absolute Gasteiger partial charge is 0.0595 e. The number of nitrogens with zero attached hydrogens (tertiary/aromatic N) is 1. The number of aromatic nitrogens is 1. The zero-order valence-electron chi connectivity index (χ0n) is 11.2. The minimum Gasteiger partial charge on any atom is -0.379 e. The van der Waals surface area contributed by atoms with Crippen LogP contribution < -0.4 is 5.32 Å². The van der Waals surface area contributed by atoms with E-state index in [0.717, 1.165) is 22.4 Å². The number of rotatable bonds is 6. The van der Waals surface area contributed by atoms with Crippen LogP contribution in [0.4, 0.5) is 5.69 Å². The van der Waals surface area contributed by atoms with Crippen molar-refractivity contribution >= 4 is 21.6 Å². The lowest BCUT2D eigenvalue weighted by molar-refractivity contribution is 0.795. The number of benzene rings is 1. The van der Waals surface area contributed by atoms with Crippen LogP contribution in [0.25, 0.3) is 0 Å². The lowest BCUT2D eigenvalue weighted by Crippen LogP contribution is -2.01. The van der Waals surface area contributed by atoms with E-state index in [-0.39, 0.29) is 0 Å². The number of hydrogen-bond acceptors (Lipinski definition) is 2. The van der Waals surface area contributed by atoms with Gasteiger partial charge in [-0.1, -0.05) is 25.5 Å². The molecule has 1 heterocycles. The summed E-state index contributed by atoms with van der Waals surface area (Å²) in [5.74, 6) is 0. The predicted molar refractivity (Wildman–Crippen MR) is 84.3 cm³/mol. The molecule has 2 rings (SSSR count). The van der Waals surface area contributed by atoms with Crippen LogP contribution in [0.3, 0.4) is 0 Å². The van der Waals surface area contributed by atoms with Gasteiger partial charge in [-0.3, -0.25) is 4.98 Å². The van der Waals surface area contributed by atoms with Gasteiger partial charge in [-0.2, -0.15) is 0 Å². The molecule has 1 aromatic heterocycles. The van der Waals surface area contributed by atoms with Crippen LogP contribution >= 0.6 is 15.9 Å². The molecule has 19 heavy (non-hydrogen) atoms. The Labute approximate surface area is 123 Å². The number of hydrogen-bond donors (Lipinski definition) is 1. The highest BCUT2D eigenvalue weighted by Gasteiger charge is 1.97. The second-order valence-electron chi connectivity index (χ2n) is 4.62. The summed E-state index contributed by atoms with van der Waals surface area (Å²) in [6.07, 6.45) is 5.50.